The predicted molar refractivity (Wildman–Crippen MR) is 73.4 cm³/mol. The lowest BCUT2D eigenvalue weighted by Gasteiger charge is -2.28. The van der Waals surface area contributed by atoms with Gasteiger partial charge < -0.3 is 10.6 Å². The van der Waals surface area contributed by atoms with E-state index in [4.69, 9.17) is 0 Å². The Kier molecular flexibility index (Phi) is 4.76. The quantitative estimate of drug-likeness (QED) is 0.851. The number of carbonyl (C=O) groups is 1. The second-order valence-corrected chi connectivity index (χ2v) is 5.14. The summed E-state index contributed by atoms with van der Waals surface area (Å²) in [7, 11) is 0. The van der Waals surface area contributed by atoms with Crippen molar-refractivity contribution in [3.8, 4) is 0 Å². The first-order chi connectivity index (χ1) is 8.74. The molecule has 1 aromatic rings. The molecule has 0 saturated carbocycles. The minimum absolute atomic E-state index is 0.167. The Morgan fingerprint density at radius 2 is 2.11 bits per heavy atom. The van der Waals surface area contributed by atoms with Gasteiger partial charge in [-0.1, -0.05) is 30.3 Å². The number of hydrogen-bond donors (Lipinski definition) is 2. The SMILES string of the molecule is CC1CCC(NC(=O)CCc2ccccc2)CN1. The second kappa shape index (κ2) is 6.55. The molecule has 2 unspecified atom stereocenters. The molecule has 18 heavy (non-hydrogen) atoms. The number of carbonyl (C=O) groups excluding carboxylic acids is 1. The molecule has 1 aliphatic rings. The third-order valence-electron chi connectivity index (χ3n) is 3.51. The van der Waals surface area contributed by atoms with Crippen LogP contribution in [0.5, 0.6) is 0 Å². The first-order valence-corrected chi connectivity index (χ1v) is 6.80. The molecule has 1 amide bonds. The monoisotopic (exact) mass is 246 g/mol. The second-order valence-electron chi connectivity index (χ2n) is 5.14. The molecule has 2 atom stereocenters. The van der Waals surface area contributed by atoms with Crippen LogP contribution >= 0.6 is 0 Å². The van der Waals surface area contributed by atoms with Crippen LogP contribution in [-0.4, -0.2) is 24.5 Å². The van der Waals surface area contributed by atoms with Crippen LogP contribution < -0.4 is 10.6 Å². The molecule has 1 fully saturated rings. The maximum absolute atomic E-state index is 11.8. The van der Waals surface area contributed by atoms with E-state index in [1.165, 1.54) is 5.56 Å². The minimum Gasteiger partial charge on any atom is -0.352 e. The van der Waals surface area contributed by atoms with Gasteiger partial charge in [0, 0.05) is 25.0 Å². The molecule has 1 saturated heterocycles. The molecule has 0 aromatic heterocycles. The molecular weight excluding hydrogens is 224 g/mol. The predicted octanol–water partition coefficient (Wildman–Crippen LogP) is 1.88. The van der Waals surface area contributed by atoms with Gasteiger partial charge in [0.2, 0.25) is 5.91 Å². The van der Waals surface area contributed by atoms with Crippen molar-refractivity contribution >= 4 is 5.91 Å². The lowest BCUT2D eigenvalue weighted by Crippen LogP contribution is -2.48. The molecule has 98 valence electrons. The molecule has 0 spiro atoms. The van der Waals surface area contributed by atoms with Gasteiger partial charge in [0.05, 0.1) is 0 Å². The lowest BCUT2D eigenvalue weighted by molar-refractivity contribution is -0.121. The number of piperidine rings is 1. The van der Waals surface area contributed by atoms with Gasteiger partial charge in [0.1, 0.15) is 0 Å². The molecule has 2 rings (SSSR count). The van der Waals surface area contributed by atoms with Crippen LogP contribution in [0.3, 0.4) is 0 Å². The third-order valence-corrected chi connectivity index (χ3v) is 3.51. The third kappa shape index (κ3) is 4.15. The summed E-state index contributed by atoms with van der Waals surface area (Å²) in [5.41, 5.74) is 1.23. The maximum Gasteiger partial charge on any atom is 0.220 e. The number of rotatable bonds is 4. The van der Waals surface area contributed by atoms with Crippen LogP contribution in [0.15, 0.2) is 30.3 Å². The first kappa shape index (κ1) is 13.1. The molecule has 1 aliphatic heterocycles. The van der Waals surface area contributed by atoms with E-state index in [-0.39, 0.29) is 5.91 Å². The highest BCUT2D eigenvalue weighted by atomic mass is 16.1. The Balaban J connectivity index is 1.69. The molecule has 1 aromatic carbocycles. The zero-order valence-corrected chi connectivity index (χ0v) is 11.0. The Hall–Kier alpha value is -1.35. The first-order valence-electron chi connectivity index (χ1n) is 6.80. The van der Waals surface area contributed by atoms with Crippen molar-refractivity contribution in [3.63, 3.8) is 0 Å². The van der Waals surface area contributed by atoms with Crippen LogP contribution in [-0.2, 0) is 11.2 Å². The van der Waals surface area contributed by atoms with Crippen LogP contribution in [0.4, 0.5) is 0 Å². The van der Waals surface area contributed by atoms with Gasteiger partial charge in [0.25, 0.3) is 0 Å². The van der Waals surface area contributed by atoms with Gasteiger partial charge >= 0.3 is 0 Å². The Morgan fingerprint density at radius 1 is 1.33 bits per heavy atom. The zero-order chi connectivity index (χ0) is 12.8. The summed E-state index contributed by atoms with van der Waals surface area (Å²) in [4.78, 5) is 11.8. The average Bonchev–Trinajstić information content (AvgIpc) is 2.40. The standard InChI is InChI=1S/C15H22N2O/c1-12-7-9-14(11-16-12)17-15(18)10-8-13-5-3-2-4-6-13/h2-6,12,14,16H,7-11H2,1H3,(H,17,18). The summed E-state index contributed by atoms with van der Waals surface area (Å²) in [5, 5.41) is 6.50. The smallest absolute Gasteiger partial charge is 0.220 e. The minimum atomic E-state index is 0.167. The molecule has 2 N–H and O–H groups in total. The van der Waals surface area contributed by atoms with Crippen molar-refractivity contribution < 1.29 is 4.79 Å². The molecule has 0 aliphatic carbocycles. The van der Waals surface area contributed by atoms with Crippen molar-refractivity contribution in [2.45, 2.75) is 44.7 Å². The molecule has 0 bridgehead atoms. The summed E-state index contributed by atoms with van der Waals surface area (Å²) in [6.07, 6.45) is 3.63. The number of aryl methyl sites for hydroxylation is 1. The van der Waals surface area contributed by atoms with E-state index < -0.39 is 0 Å². The van der Waals surface area contributed by atoms with E-state index in [1.54, 1.807) is 0 Å². The number of amides is 1. The Morgan fingerprint density at radius 3 is 2.78 bits per heavy atom. The average molecular weight is 246 g/mol. The summed E-state index contributed by atoms with van der Waals surface area (Å²) < 4.78 is 0. The van der Waals surface area contributed by atoms with Crippen molar-refractivity contribution in [2.75, 3.05) is 6.54 Å². The highest BCUT2D eigenvalue weighted by Crippen LogP contribution is 2.08. The zero-order valence-electron chi connectivity index (χ0n) is 11.0. The van der Waals surface area contributed by atoms with Crippen molar-refractivity contribution in [1.82, 2.24) is 10.6 Å². The fourth-order valence-electron chi connectivity index (χ4n) is 2.32. The summed E-state index contributed by atoms with van der Waals surface area (Å²) in [5.74, 6) is 0.167. The highest BCUT2D eigenvalue weighted by Gasteiger charge is 2.18. The maximum atomic E-state index is 11.8. The van der Waals surface area contributed by atoms with E-state index in [0.29, 0.717) is 18.5 Å². The number of hydrogen-bond acceptors (Lipinski definition) is 2. The highest BCUT2D eigenvalue weighted by molar-refractivity contribution is 5.76. The van der Waals surface area contributed by atoms with Gasteiger partial charge in [-0.15, -0.1) is 0 Å². The van der Waals surface area contributed by atoms with Crippen molar-refractivity contribution in [1.29, 1.82) is 0 Å². The fraction of sp³-hybridized carbons (Fsp3) is 0.533. The molecule has 3 heteroatoms. The summed E-state index contributed by atoms with van der Waals surface area (Å²) in [6.45, 7) is 3.09. The molecule has 1 heterocycles. The van der Waals surface area contributed by atoms with E-state index in [1.807, 2.05) is 18.2 Å². The van der Waals surface area contributed by atoms with Gasteiger partial charge in [-0.05, 0) is 31.7 Å². The molecule has 0 radical (unpaired) electrons. The van der Waals surface area contributed by atoms with Gasteiger partial charge in [-0.3, -0.25) is 4.79 Å². The van der Waals surface area contributed by atoms with Crippen LogP contribution in [0.1, 0.15) is 31.7 Å². The van der Waals surface area contributed by atoms with Crippen molar-refractivity contribution in [3.05, 3.63) is 35.9 Å². The Bertz CT molecular complexity index is 369. The largest absolute Gasteiger partial charge is 0.352 e. The summed E-state index contributed by atoms with van der Waals surface area (Å²) >= 11 is 0. The molecule has 3 nitrogen and oxygen atoms in total. The Labute approximate surface area is 109 Å². The van der Waals surface area contributed by atoms with Crippen LogP contribution in [0.2, 0.25) is 0 Å². The normalized spacial score (nSPS) is 23.6. The van der Waals surface area contributed by atoms with Gasteiger partial charge in [0.15, 0.2) is 0 Å². The molecular formula is C15H22N2O. The topological polar surface area (TPSA) is 41.1 Å². The van der Waals surface area contributed by atoms with Crippen molar-refractivity contribution in [2.24, 2.45) is 0 Å². The van der Waals surface area contributed by atoms with Gasteiger partial charge in [-0.25, -0.2) is 0 Å². The van der Waals surface area contributed by atoms with Gasteiger partial charge in [-0.2, -0.15) is 0 Å². The lowest BCUT2D eigenvalue weighted by atomic mass is 10.0. The fourth-order valence-corrected chi connectivity index (χ4v) is 2.32. The van der Waals surface area contributed by atoms with E-state index in [0.717, 1.165) is 25.8 Å². The van der Waals surface area contributed by atoms with Crippen LogP contribution in [0, 0.1) is 0 Å². The summed E-state index contributed by atoms with van der Waals surface area (Å²) in [6, 6.07) is 11.1. The van der Waals surface area contributed by atoms with Crippen LogP contribution in [0.25, 0.3) is 0 Å². The van der Waals surface area contributed by atoms with E-state index in [2.05, 4.69) is 29.7 Å². The number of benzene rings is 1. The van der Waals surface area contributed by atoms with E-state index in [9.17, 15) is 4.79 Å². The number of nitrogens with one attached hydrogen (secondary N) is 2. The van der Waals surface area contributed by atoms with E-state index >= 15 is 0 Å².